The molecule has 0 bridgehead atoms. The maximum absolute atomic E-state index is 13.2. The number of nitro benzene ring substituents is 1. The number of hydrogen-bond acceptors (Lipinski definition) is 4. The smallest absolute Gasteiger partial charge is 0.304 e. The molecule has 0 radical (unpaired) electrons. The van der Waals surface area contributed by atoms with Crippen molar-refractivity contribution in [2.75, 3.05) is 13.2 Å². The lowest BCUT2D eigenvalue weighted by Gasteiger charge is -2.25. The van der Waals surface area contributed by atoms with Gasteiger partial charge < -0.3 is 9.47 Å². The van der Waals surface area contributed by atoms with Crippen molar-refractivity contribution in [3.05, 3.63) is 39.7 Å². The van der Waals surface area contributed by atoms with Crippen molar-refractivity contribution in [3.8, 4) is 0 Å². The van der Waals surface area contributed by atoms with Gasteiger partial charge in [0.1, 0.15) is 6.10 Å². The fraction of sp³-hybridized carbons (Fsp3) is 0.400. The molecule has 6 heteroatoms. The molecule has 1 saturated heterocycles. The fourth-order valence-electron chi connectivity index (χ4n) is 1.31. The number of nitro groups is 1. The van der Waals surface area contributed by atoms with E-state index in [0.29, 0.717) is 18.8 Å². The maximum atomic E-state index is 13.2. The molecule has 2 rings (SSSR count). The van der Waals surface area contributed by atoms with E-state index >= 15 is 0 Å². The van der Waals surface area contributed by atoms with Crippen LogP contribution in [-0.2, 0) is 16.1 Å². The van der Waals surface area contributed by atoms with Gasteiger partial charge in [-0.3, -0.25) is 10.1 Å². The Bertz CT molecular complexity index is 406. The minimum atomic E-state index is -0.837. The Kier molecular flexibility index (Phi) is 3.12. The highest BCUT2D eigenvalue weighted by molar-refractivity contribution is 5.34. The van der Waals surface area contributed by atoms with Gasteiger partial charge in [0.25, 0.3) is 0 Å². The number of nitrogens with zero attached hydrogens (tertiary/aromatic N) is 1. The van der Waals surface area contributed by atoms with E-state index in [2.05, 4.69) is 0 Å². The van der Waals surface area contributed by atoms with Crippen LogP contribution in [0.1, 0.15) is 5.56 Å². The van der Waals surface area contributed by atoms with E-state index in [1.54, 1.807) is 0 Å². The van der Waals surface area contributed by atoms with Crippen molar-refractivity contribution in [3.63, 3.8) is 0 Å². The predicted octanol–water partition coefficient (Wildman–Crippen LogP) is 1.65. The summed E-state index contributed by atoms with van der Waals surface area (Å²) in [5.74, 6) is -0.837. The fourth-order valence-corrected chi connectivity index (χ4v) is 1.31. The third kappa shape index (κ3) is 2.34. The third-order valence-corrected chi connectivity index (χ3v) is 2.30. The Hall–Kier alpha value is -1.53. The second kappa shape index (κ2) is 4.54. The summed E-state index contributed by atoms with van der Waals surface area (Å²) in [4.78, 5) is 9.62. The molecule has 86 valence electrons. The first kappa shape index (κ1) is 11.0. The van der Waals surface area contributed by atoms with Crippen LogP contribution >= 0.6 is 0 Å². The standard InChI is InChI=1S/C10H10FNO4/c11-9-3-7(1-2-10(9)12(13)14)4-16-8-5-15-6-8/h1-3,8H,4-6H2. The van der Waals surface area contributed by atoms with Crippen LogP contribution < -0.4 is 0 Å². The number of halogens is 1. The lowest BCUT2D eigenvalue weighted by atomic mass is 10.2. The van der Waals surface area contributed by atoms with Crippen LogP contribution in [-0.4, -0.2) is 24.2 Å². The Balaban J connectivity index is 1.99. The van der Waals surface area contributed by atoms with Gasteiger partial charge in [-0.05, 0) is 17.7 Å². The summed E-state index contributed by atoms with van der Waals surface area (Å²) in [6.45, 7) is 1.34. The van der Waals surface area contributed by atoms with Crippen molar-refractivity contribution >= 4 is 5.69 Å². The molecule has 0 amide bonds. The first-order chi connectivity index (χ1) is 7.66. The van der Waals surface area contributed by atoms with Crippen molar-refractivity contribution in [1.29, 1.82) is 0 Å². The summed E-state index contributed by atoms with van der Waals surface area (Å²) in [7, 11) is 0. The molecule has 0 atom stereocenters. The van der Waals surface area contributed by atoms with Gasteiger partial charge in [-0.15, -0.1) is 0 Å². The van der Waals surface area contributed by atoms with Crippen LogP contribution in [0.3, 0.4) is 0 Å². The van der Waals surface area contributed by atoms with Crippen molar-refractivity contribution in [2.24, 2.45) is 0 Å². The van der Waals surface area contributed by atoms with Gasteiger partial charge in [-0.2, -0.15) is 4.39 Å². The quantitative estimate of drug-likeness (QED) is 0.579. The molecule has 1 heterocycles. The molecule has 16 heavy (non-hydrogen) atoms. The molecule has 1 aromatic rings. The summed E-state index contributed by atoms with van der Waals surface area (Å²) in [5.41, 5.74) is 0.0609. The minimum absolute atomic E-state index is 0.0539. The normalized spacial score (nSPS) is 15.8. The van der Waals surface area contributed by atoms with E-state index in [0.717, 1.165) is 12.1 Å². The van der Waals surface area contributed by atoms with Gasteiger partial charge in [-0.1, -0.05) is 0 Å². The summed E-state index contributed by atoms with van der Waals surface area (Å²) in [5, 5.41) is 10.4. The summed E-state index contributed by atoms with van der Waals surface area (Å²) in [6, 6.07) is 3.75. The number of rotatable bonds is 4. The molecule has 0 aliphatic carbocycles. The highest BCUT2D eigenvalue weighted by Gasteiger charge is 2.19. The second-order valence-electron chi connectivity index (χ2n) is 3.51. The van der Waals surface area contributed by atoms with E-state index in [4.69, 9.17) is 9.47 Å². The lowest BCUT2D eigenvalue weighted by molar-refractivity contribution is -0.387. The van der Waals surface area contributed by atoms with E-state index in [1.165, 1.54) is 6.07 Å². The molecule has 1 fully saturated rings. The zero-order chi connectivity index (χ0) is 11.5. The Morgan fingerprint density at radius 2 is 2.31 bits per heavy atom. The molecular weight excluding hydrogens is 217 g/mol. The van der Waals surface area contributed by atoms with Crippen LogP contribution in [0.5, 0.6) is 0 Å². The van der Waals surface area contributed by atoms with Crippen LogP contribution in [0.2, 0.25) is 0 Å². The van der Waals surface area contributed by atoms with Crippen LogP contribution in [0.15, 0.2) is 18.2 Å². The van der Waals surface area contributed by atoms with Gasteiger partial charge in [0.05, 0.1) is 24.7 Å². The van der Waals surface area contributed by atoms with Crippen molar-refractivity contribution < 1.29 is 18.8 Å². The molecule has 5 nitrogen and oxygen atoms in total. The van der Waals surface area contributed by atoms with Gasteiger partial charge >= 0.3 is 5.69 Å². The number of hydrogen-bond donors (Lipinski definition) is 0. The maximum Gasteiger partial charge on any atom is 0.304 e. The summed E-state index contributed by atoms with van der Waals surface area (Å²) in [6.07, 6.45) is 0.0539. The molecule has 1 aliphatic rings. The molecule has 1 aliphatic heterocycles. The zero-order valence-corrected chi connectivity index (χ0v) is 8.39. The Morgan fingerprint density at radius 3 is 2.81 bits per heavy atom. The first-order valence-corrected chi connectivity index (χ1v) is 4.79. The third-order valence-electron chi connectivity index (χ3n) is 2.30. The highest BCUT2D eigenvalue weighted by Crippen LogP contribution is 2.19. The minimum Gasteiger partial charge on any atom is -0.376 e. The topological polar surface area (TPSA) is 61.6 Å². The average molecular weight is 227 g/mol. The molecule has 0 saturated carbocycles. The highest BCUT2D eigenvalue weighted by atomic mass is 19.1. The SMILES string of the molecule is O=[N+]([O-])c1ccc(COC2COC2)cc1F. The van der Waals surface area contributed by atoms with Gasteiger partial charge in [-0.25, -0.2) is 0 Å². The van der Waals surface area contributed by atoms with Gasteiger partial charge in [0.15, 0.2) is 0 Å². The van der Waals surface area contributed by atoms with E-state index in [9.17, 15) is 14.5 Å². The molecule has 0 unspecified atom stereocenters. The van der Waals surface area contributed by atoms with Crippen molar-refractivity contribution in [1.82, 2.24) is 0 Å². The van der Waals surface area contributed by atoms with Crippen LogP contribution in [0, 0.1) is 15.9 Å². The van der Waals surface area contributed by atoms with E-state index in [-0.39, 0.29) is 12.7 Å². The lowest BCUT2D eigenvalue weighted by Crippen LogP contribution is -2.35. The molecule has 0 aromatic heterocycles. The predicted molar refractivity (Wildman–Crippen MR) is 52.5 cm³/mol. The summed E-state index contributed by atoms with van der Waals surface area (Å²) >= 11 is 0. The average Bonchev–Trinajstić information content (AvgIpc) is 2.14. The van der Waals surface area contributed by atoms with Gasteiger partial charge in [0, 0.05) is 6.07 Å². The molecule has 1 aromatic carbocycles. The molecule has 0 N–H and O–H groups in total. The Labute approximate surface area is 90.9 Å². The zero-order valence-electron chi connectivity index (χ0n) is 8.39. The molecular formula is C10H10FNO4. The van der Waals surface area contributed by atoms with Crippen LogP contribution in [0.25, 0.3) is 0 Å². The largest absolute Gasteiger partial charge is 0.376 e. The van der Waals surface area contributed by atoms with E-state index in [1.807, 2.05) is 0 Å². The molecule has 0 spiro atoms. The summed E-state index contributed by atoms with van der Waals surface area (Å²) < 4.78 is 23.5. The van der Waals surface area contributed by atoms with Gasteiger partial charge in [0.2, 0.25) is 5.82 Å². The second-order valence-corrected chi connectivity index (χ2v) is 3.51. The number of benzene rings is 1. The number of ether oxygens (including phenoxy) is 2. The van der Waals surface area contributed by atoms with Crippen molar-refractivity contribution in [2.45, 2.75) is 12.7 Å². The van der Waals surface area contributed by atoms with E-state index < -0.39 is 16.4 Å². The first-order valence-electron chi connectivity index (χ1n) is 4.79. The monoisotopic (exact) mass is 227 g/mol. The Morgan fingerprint density at radius 1 is 1.56 bits per heavy atom. The van der Waals surface area contributed by atoms with Crippen LogP contribution in [0.4, 0.5) is 10.1 Å².